The van der Waals surface area contributed by atoms with E-state index in [9.17, 15) is 0 Å². The van der Waals surface area contributed by atoms with Gasteiger partial charge in [0.05, 0.1) is 16.7 Å². The number of imidazole rings is 1. The lowest BCUT2D eigenvalue weighted by Crippen LogP contribution is -2.31. The van der Waals surface area contributed by atoms with Crippen molar-refractivity contribution in [3.63, 3.8) is 0 Å². The first kappa shape index (κ1) is 17.7. The lowest BCUT2D eigenvalue weighted by atomic mass is 10.1. The Morgan fingerprint density at radius 1 is 1.10 bits per heavy atom. The second kappa shape index (κ2) is 7.21. The molecule has 0 amide bonds. The normalized spacial score (nSPS) is 15.5. The number of benzene rings is 2. The van der Waals surface area contributed by atoms with Crippen molar-refractivity contribution >= 4 is 38.9 Å². The summed E-state index contributed by atoms with van der Waals surface area (Å²) in [5, 5.41) is 3.06. The number of nitrogens with zero attached hydrogens (tertiary/aromatic N) is 4. The largest absolute Gasteiger partial charge is 0.487 e. The molecular formula is C21H17BrN6O. The highest BCUT2D eigenvalue weighted by Crippen LogP contribution is 2.37. The number of ether oxygens (including phenoxy) is 1. The summed E-state index contributed by atoms with van der Waals surface area (Å²) in [4.78, 5) is 13.6. The molecule has 0 aliphatic carbocycles. The van der Waals surface area contributed by atoms with E-state index in [1.165, 1.54) is 0 Å². The first-order valence-corrected chi connectivity index (χ1v) is 9.88. The summed E-state index contributed by atoms with van der Waals surface area (Å²) in [5.41, 5.74) is 9.64. The molecule has 8 heteroatoms. The summed E-state index contributed by atoms with van der Waals surface area (Å²) in [6, 6.07) is 19.5. The van der Waals surface area contributed by atoms with Gasteiger partial charge in [0.25, 0.3) is 0 Å². The zero-order chi connectivity index (χ0) is 19.8. The Balaban J connectivity index is 1.60. The molecule has 1 aliphatic rings. The number of aromatic nitrogens is 3. The van der Waals surface area contributed by atoms with Crippen LogP contribution >= 0.6 is 15.9 Å². The van der Waals surface area contributed by atoms with Gasteiger partial charge in [-0.1, -0.05) is 34.1 Å². The third-order valence-corrected chi connectivity index (χ3v) is 5.19. The van der Waals surface area contributed by atoms with Crippen molar-refractivity contribution < 1.29 is 4.74 Å². The number of nitrogens with one attached hydrogen (secondary N) is 1. The van der Waals surface area contributed by atoms with E-state index in [0.717, 1.165) is 26.8 Å². The van der Waals surface area contributed by atoms with Crippen LogP contribution in [-0.2, 0) is 6.61 Å². The highest BCUT2D eigenvalue weighted by atomic mass is 79.9. The number of hydrogen-bond acceptors (Lipinski definition) is 6. The zero-order valence-electron chi connectivity index (χ0n) is 15.3. The van der Waals surface area contributed by atoms with Crippen molar-refractivity contribution in [3.8, 4) is 5.75 Å². The van der Waals surface area contributed by atoms with Gasteiger partial charge in [-0.15, -0.1) is 0 Å². The Kier molecular flexibility index (Phi) is 4.40. The molecule has 1 aliphatic heterocycles. The van der Waals surface area contributed by atoms with Crippen molar-refractivity contribution in [2.75, 3.05) is 5.32 Å². The standard InChI is InChI=1S/C21H17BrN6O/c22-13-8-9-18(29-12-14-5-3-4-10-24-14)15(11-13)19-26-20(23)27-21-25-16-6-1-2-7-17(16)28(19)21/h1-11,19H,12H2,(H3,23,25,26,27). The zero-order valence-corrected chi connectivity index (χ0v) is 16.9. The lowest BCUT2D eigenvalue weighted by molar-refractivity contribution is 0.295. The number of para-hydroxylation sites is 2. The SMILES string of the molecule is NC1=NC(c2cc(Br)ccc2OCc2ccccn2)n2c(nc3ccccc32)N1. The third-order valence-electron chi connectivity index (χ3n) is 4.69. The second-order valence-corrected chi connectivity index (χ2v) is 7.51. The van der Waals surface area contributed by atoms with Gasteiger partial charge in [0, 0.05) is 16.2 Å². The fourth-order valence-corrected chi connectivity index (χ4v) is 3.79. The van der Waals surface area contributed by atoms with Crippen molar-refractivity contribution in [1.82, 2.24) is 14.5 Å². The van der Waals surface area contributed by atoms with Crippen LogP contribution in [0.1, 0.15) is 17.4 Å². The lowest BCUT2D eigenvalue weighted by Gasteiger charge is -2.25. The van der Waals surface area contributed by atoms with E-state index in [1.807, 2.05) is 65.2 Å². The summed E-state index contributed by atoms with van der Waals surface area (Å²) in [6.45, 7) is 0.358. The van der Waals surface area contributed by atoms with Crippen LogP contribution in [0, 0.1) is 0 Å². The Labute approximate surface area is 175 Å². The number of nitrogens with two attached hydrogens (primary N) is 1. The topological polar surface area (TPSA) is 90.4 Å². The number of hydrogen-bond donors (Lipinski definition) is 2. The van der Waals surface area contributed by atoms with Crippen LogP contribution in [-0.4, -0.2) is 20.5 Å². The van der Waals surface area contributed by atoms with Gasteiger partial charge in [-0.25, -0.2) is 9.98 Å². The average Bonchev–Trinajstić information content (AvgIpc) is 3.11. The van der Waals surface area contributed by atoms with Gasteiger partial charge in [0.1, 0.15) is 12.4 Å². The molecule has 3 N–H and O–H groups in total. The number of fused-ring (bicyclic) bond motifs is 3. The number of halogens is 1. The number of rotatable bonds is 4. The molecule has 1 unspecified atom stereocenters. The van der Waals surface area contributed by atoms with Crippen molar-refractivity contribution in [2.24, 2.45) is 10.7 Å². The molecule has 0 spiro atoms. The van der Waals surface area contributed by atoms with E-state index in [0.29, 0.717) is 24.3 Å². The van der Waals surface area contributed by atoms with Crippen molar-refractivity contribution in [1.29, 1.82) is 0 Å². The highest BCUT2D eigenvalue weighted by molar-refractivity contribution is 9.10. The summed E-state index contributed by atoms with van der Waals surface area (Å²) >= 11 is 3.57. The quantitative estimate of drug-likeness (QED) is 0.491. The predicted molar refractivity (Wildman–Crippen MR) is 116 cm³/mol. The Morgan fingerprint density at radius 3 is 2.83 bits per heavy atom. The molecule has 3 heterocycles. The summed E-state index contributed by atoms with van der Waals surface area (Å²) in [5.74, 6) is 1.68. The summed E-state index contributed by atoms with van der Waals surface area (Å²) in [7, 11) is 0. The first-order valence-electron chi connectivity index (χ1n) is 9.08. The van der Waals surface area contributed by atoms with Gasteiger partial charge >= 0.3 is 0 Å². The maximum absolute atomic E-state index is 6.12. The average molecular weight is 449 g/mol. The second-order valence-electron chi connectivity index (χ2n) is 6.60. The van der Waals surface area contributed by atoms with E-state index in [1.54, 1.807) is 6.20 Å². The maximum atomic E-state index is 6.12. The predicted octanol–water partition coefficient (Wildman–Crippen LogP) is 4.06. The monoisotopic (exact) mass is 448 g/mol. The molecule has 1 atom stereocenters. The number of aliphatic imine (C=N–C) groups is 1. The molecule has 0 radical (unpaired) electrons. The molecule has 0 bridgehead atoms. The minimum atomic E-state index is -0.408. The molecule has 2 aromatic carbocycles. The van der Waals surface area contributed by atoms with E-state index in [2.05, 4.69) is 36.2 Å². The number of pyridine rings is 1. The Bertz CT molecular complexity index is 1220. The maximum Gasteiger partial charge on any atom is 0.212 e. The minimum absolute atomic E-state index is 0.313. The summed E-state index contributed by atoms with van der Waals surface area (Å²) < 4.78 is 9.08. The first-order chi connectivity index (χ1) is 14.2. The molecule has 0 fully saturated rings. The molecule has 29 heavy (non-hydrogen) atoms. The third kappa shape index (κ3) is 3.31. The molecule has 7 nitrogen and oxygen atoms in total. The number of guanidine groups is 1. The minimum Gasteiger partial charge on any atom is -0.487 e. The smallest absolute Gasteiger partial charge is 0.212 e. The molecule has 144 valence electrons. The molecule has 5 rings (SSSR count). The van der Waals surface area contributed by atoms with E-state index < -0.39 is 6.17 Å². The molecule has 2 aromatic heterocycles. The van der Waals surface area contributed by atoms with Crippen molar-refractivity contribution in [3.05, 3.63) is 82.6 Å². The van der Waals surface area contributed by atoms with Crippen molar-refractivity contribution in [2.45, 2.75) is 12.8 Å². The molecular weight excluding hydrogens is 432 g/mol. The Morgan fingerprint density at radius 2 is 1.97 bits per heavy atom. The molecule has 4 aromatic rings. The van der Waals surface area contributed by atoms with Gasteiger partial charge in [-0.2, -0.15) is 0 Å². The van der Waals surface area contributed by atoms with Crippen LogP contribution in [0.3, 0.4) is 0 Å². The van der Waals surface area contributed by atoms with Gasteiger partial charge < -0.3 is 10.5 Å². The van der Waals surface area contributed by atoms with Crippen LogP contribution < -0.4 is 15.8 Å². The van der Waals surface area contributed by atoms with Gasteiger partial charge in [-0.05, 0) is 42.5 Å². The van der Waals surface area contributed by atoms with Gasteiger partial charge in [-0.3, -0.25) is 14.9 Å². The highest BCUT2D eigenvalue weighted by Gasteiger charge is 2.27. The van der Waals surface area contributed by atoms with Crippen LogP contribution in [0.15, 0.2) is 76.3 Å². The van der Waals surface area contributed by atoms with Crippen LogP contribution in [0.25, 0.3) is 11.0 Å². The van der Waals surface area contributed by atoms with E-state index in [4.69, 9.17) is 10.5 Å². The fraction of sp³-hybridized carbons (Fsp3) is 0.0952. The van der Waals surface area contributed by atoms with Crippen LogP contribution in [0.2, 0.25) is 0 Å². The van der Waals surface area contributed by atoms with E-state index in [-0.39, 0.29) is 0 Å². The fourth-order valence-electron chi connectivity index (χ4n) is 3.41. The van der Waals surface area contributed by atoms with Gasteiger partial charge in [0.15, 0.2) is 12.1 Å². The summed E-state index contributed by atoms with van der Waals surface area (Å²) in [6.07, 6.45) is 1.35. The van der Waals surface area contributed by atoms with Crippen LogP contribution in [0.4, 0.5) is 5.95 Å². The van der Waals surface area contributed by atoms with Crippen LogP contribution in [0.5, 0.6) is 5.75 Å². The van der Waals surface area contributed by atoms with Gasteiger partial charge in [0.2, 0.25) is 5.95 Å². The number of anilines is 1. The molecule has 0 saturated heterocycles. The van der Waals surface area contributed by atoms with E-state index >= 15 is 0 Å². The molecule has 0 saturated carbocycles. The Hall–Kier alpha value is -3.39.